The van der Waals surface area contributed by atoms with Crippen molar-refractivity contribution < 1.29 is 34.3 Å². The molecule has 1 fully saturated rings. The van der Waals surface area contributed by atoms with Gasteiger partial charge < -0.3 is 29.9 Å². The minimum absolute atomic E-state index is 0.277. The second-order valence-corrected chi connectivity index (χ2v) is 8.54. The molecule has 1 aliphatic rings. The van der Waals surface area contributed by atoms with Gasteiger partial charge >= 0.3 is 0 Å². The van der Waals surface area contributed by atoms with Crippen LogP contribution in [0.3, 0.4) is 0 Å². The number of hydrogen-bond donors (Lipinski definition) is 4. The van der Waals surface area contributed by atoms with Gasteiger partial charge in [0.1, 0.15) is 30.2 Å². The van der Waals surface area contributed by atoms with E-state index < -0.39 is 42.6 Å². The molecule has 30 heavy (non-hydrogen) atoms. The molecule has 0 spiro atoms. The van der Waals surface area contributed by atoms with E-state index in [4.69, 9.17) is 9.47 Å². The number of aliphatic hydroxyl groups is 4. The third kappa shape index (κ3) is 3.54. The van der Waals surface area contributed by atoms with Gasteiger partial charge in [-0.25, -0.2) is 4.39 Å². The highest BCUT2D eigenvalue weighted by molar-refractivity contribution is 7.19. The summed E-state index contributed by atoms with van der Waals surface area (Å²) in [5.74, 6) is -2.29. The van der Waals surface area contributed by atoms with Crippen molar-refractivity contribution in [1.82, 2.24) is 0 Å². The molecule has 4 N–H and O–H groups in total. The van der Waals surface area contributed by atoms with Gasteiger partial charge in [-0.1, -0.05) is 24.3 Å². The van der Waals surface area contributed by atoms with Crippen LogP contribution < -0.4 is 0 Å². The molecule has 5 atom stereocenters. The Morgan fingerprint density at radius 3 is 2.57 bits per heavy atom. The molecule has 1 aliphatic heterocycles. The fourth-order valence-corrected chi connectivity index (χ4v) is 4.99. The van der Waals surface area contributed by atoms with E-state index in [9.17, 15) is 24.8 Å². The minimum atomic E-state index is -1.87. The zero-order valence-corrected chi connectivity index (χ0v) is 17.1. The summed E-state index contributed by atoms with van der Waals surface area (Å²) >= 11 is 1.57. The topological polar surface area (TPSA) is 99.4 Å². The zero-order chi connectivity index (χ0) is 21.5. The van der Waals surface area contributed by atoms with Crippen LogP contribution in [0.15, 0.2) is 48.5 Å². The first-order valence-corrected chi connectivity index (χ1v) is 10.4. The number of rotatable bonds is 5. The van der Waals surface area contributed by atoms with E-state index in [0.717, 1.165) is 15.0 Å². The molecule has 0 unspecified atom stereocenters. The van der Waals surface area contributed by atoms with Crippen molar-refractivity contribution in [3.8, 4) is 0 Å². The zero-order valence-electron chi connectivity index (χ0n) is 16.2. The molecule has 3 aromatic rings. The normalized spacial score (nSPS) is 29.4. The number of aliphatic hydroxyl groups excluding tert-OH is 4. The number of hydrogen-bond acceptors (Lipinski definition) is 7. The Morgan fingerprint density at radius 1 is 1.10 bits per heavy atom. The first kappa shape index (κ1) is 21.3. The van der Waals surface area contributed by atoms with Crippen molar-refractivity contribution in [2.24, 2.45) is 0 Å². The average molecular weight is 434 g/mol. The monoisotopic (exact) mass is 434 g/mol. The van der Waals surface area contributed by atoms with Crippen LogP contribution in [0, 0.1) is 5.82 Å². The van der Waals surface area contributed by atoms with Gasteiger partial charge in [-0.15, -0.1) is 11.3 Å². The van der Waals surface area contributed by atoms with E-state index in [2.05, 4.69) is 0 Å². The molecular formula is C22H23FO6S. The molecule has 0 radical (unpaired) electrons. The minimum Gasteiger partial charge on any atom is -0.394 e. The summed E-state index contributed by atoms with van der Waals surface area (Å²) in [5, 5.41) is 41.5. The highest BCUT2D eigenvalue weighted by Gasteiger charge is 2.55. The number of ether oxygens (including phenoxy) is 2. The maximum atomic E-state index is 14.6. The Kier molecular flexibility index (Phi) is 5.91. The summed E-state index contributed by atoms with van der Waals surface area (Å²) < 4.78 is 26.9. The van der Waals surface area contributed by atoms with Crippen LogP contribution in [0.1, 0.15) is 16.0 Å². The Hall–Kier alpha value is -1.91. The fourth-order valence-electron chi connectivity index (χ4n) is 3.91. The quantitative estimate of drug-likeness (QED) is 0.490. The Bertz CT molecular complexity index is 1000. The highest BCUT2D eigenvalue weighted by atomic mass is 32.1. The number of fused-ring (bicyclic) bond motifs is 1. The maximum absolute atomic E-state index is 14.6. The van der Waals surface area contributed by atoms with Crippen molar-refractivity contribution in [2.45, 2.75) is 36.6 Å². The molecule has 6 nitrogen and oxygen atoms in total. The molecule has 2 aromatic carbocycles. The van der Waals surface area contributed by atoms with Gasteiger partial charge in [-0.2, -0.15) is 0 Å². The molecule has 160 valence electrons. The molecule has 0 saturated carbocycles. The first-order valence-electron chi connectivity index (χ1n) is 9.54. The Balaban J connectivity index is 1.72. The standard InChI is InChI=1S/C22H23FO6S/c1-28-22(21(27)20(26)19(25)17(11-24)29-22)14-6-7-16(23)13(8-14)10-15-9-12-4-2-3-5-18(12)30-15/h2-9,17,19-21,24-27H,10-11H2,1H3/t17-,19-,20+,21-,22+/m0/s1. The van der Waals surface area contributed by atoms with Gasteiger partial charge in [-0.3, -0.25) is 0 Å². The fraction of sp³-hybridized carbons (Fsp3) is 0.364. The Labute approximate surface area is 176 Å². The van der Waals surface area contributed by atoms with E-state index in [-0.39, 0.29) is 5.56 Å². The van der Waals surface area contributed by atoms with Gasteiger partial charge in [0, 0.05) is 28.7 Å². The number of halogens is 1. The van der Waals surface area contributed by atoms with Gasteiger partial charge in [-0.05, 0) is 35.2 Å². The summed E-state index contributed by atoms with van der Waals surface area (Å²) in [7, 11) is 1.27. The molecule has 8 heteroatoms. The summed E-state index contributed by atoms with van der Waals surface area (Å²) in [6.07, 6.45) is -5.62. The highest BCUT2D eigenvalue weighted by Crippen LogP contribution is 2.40. The summed E-state index contributed by atoms with van der Waals surface area (Å²) in [4.78, 5) is 0.965. The lowest BCUT2D eigenvalue weighted by Gasteiger charge is -2.47. The number of thiophene rings is 1. The van der Waals surface area contributed by atoms with E-state index in [1.165, 1.54) is 25.3 Å². The van der Waals surface area contributed by atoms with E-state index in [1.54, 1.807) is 11.3 Å². The molecule has 0 aliphatic carbocycles. The lowest BCUT2D eigenvalue weighted by molar-refractivity contribution is -0.366. The van der Waals surface area contributed by atoms with E-state index in [0.29, 0.717) is 12.0 Å². The molecule has 2 heterocycles. The van der Waals surface area contributed by atoms with Crippen LogP contribution in [-0.4, -0.2) is 58.6 Å². The summed E-state index contributed by atoms with van der Waals surface area (Å²) in [5.41, 5.74) is 0.645. The largest absolute Gasteiger partial charge is 0.394 e. The second-order valence-electron chi connectivity index (χ2n) is 7.37. The van der Waals surface area contributed by atoms with E-state index in [1.807, 2.05) is 30.3 Å². The predicted octanol–water partition coefficient (Wildman–Crippen LogP) is 1.90. The molecule has 1 saturated heterocycles. The van der Waals surface area contributed by atoms with Crippen molar-refractivity contribution in [3.63, 3.8) is 0 Å². The van der Waals surface area contributed by atoms with Crippen molar-refractivity contribution in [1.29, 1.82) is 0 Å². The molecule has 0 bridgehead atoms. The molecule has 4 rings (SSSR count). The maximum Gasteiger partial charge on any atom is 0.224 e. The van der Waals surface area contributed by atoms with Gasteiger partial charge in [0.25, 0.3) is 0 Å². The Morgan fingerprint density at radius 2 is 1.87 bits per heavy atom. The van der Waals surface area contributed by atoms with Crippen molar-refractivity contribution in [3.05, 3.63) is 70.4 Å². The lowest BCUT2D eigenvalue weighted by Crippen LogP contribution is -2.64. The second kappa shape index (κ2) is 8.32. The first-order chi connectivity index (χ1) is 14.4. The molecular weight excluding hydrogens is 411 g/mol. The molecule has 0 amide bonds. The summed E-state index contributed by atoms with van der Waals surface area (Å²) in [6, 6.07) is 14.1. The van der Waals surface area contributed by atoms with Gasteiger partial charge in [0.2, 0.25) is 5.79 Å². The third-order valence-electron chi connectivity index (χ3n) is 5.54. The van der Waals surface area contributed by atoms with Crippen molar-refractivity contribution in [2.75, 3.05) is 13.7 Å². The van der Waals surface area contributed by atoms with Crippen LogP contribution in [0.25, 0.3) is 10.1 Å². The van der Waals surface area contributed by atoms with Crippen LogP contribution in [0.4, 0.5) is 4.39 Å². The molecule has 1 aromatic heterocycles. The van der Waals surface area contributed by atoms with Crippen LogP contribution in [0.2, 0.25) is 0 Å². The average Bonchev–Trinajstić information content (AvgIpc) is 3.17. The van der Waals surface area contributed by atoms with Crippen LogP contribution in [0.5, 0.6) is 0 Å². The summed E-state index contributed by atoms with van der Waals surface area (Å²) in [6.45, 7) is -0.591. The van der Waals surface area contributed by atoms with Crippen molar-refractivity contribution >= 4 is 21.4 Å². The van der Waals surface area contributed by atoms with Crippen LogP contribution in [-0.2, 0) is 21.7 Å². The number of benzene rings is 2. The van der Waals surface area contributed by atoms with Crippen LogP contribution >= 0.6 is 11.3 Å². The van der Waals surface area contributed by atoms with E-state index >= 15 is 0 Å². The lowest BCUT2D eigenvalue weighted by atomic mass is 9.87. The third-order valence-corrected chi connectivity index (χ3v) is 6.66. The predicted molar refractivity (Wildman–Crippen MR) is 110 cm³/mol. The number of methoxy groups -OCH3 is 1. The SMILES string of the molecule is CO[C@]1(c2ccc(F)c(Cc3cc4ccccc4s3)c2)O[C@@H](CO)[C@H](O)[C@@H](O)[C@@H]1O. The smallest absolute Gasteiger partial charge is 0.224 e. The van der Waals surface area contributed by atoms with Gasteiger partial charge in [0.05, 0.1) is 6.61 Å². The van der Waals surface area contributed by atoms with Gasteiger partial charge in [0.15, 0.2) is 0 Å².